The van der Waals surface area contributed by atoms with Crippen molar-refractivity contribution in [3.8, 4) is 27.9 Å². The highest BCUT2D eigenvalue weighted by Crippen LogP contribution is 2.38. The average molecular weight is 1910 g/mol. The maximum absolute atomic E-state index is 6.00. The van der Waals surface area contributed by atoms with Crippen LogP contribution in [-0.2, 0) is 6.42 Å². The van der Waals surface area contributed by atoms with E-state index in [1.54, 1.807) is 22.7 Å². The van der Waals surface area contributed by atoms with Crippen LogP contribution < -0.4 is 67.4 Å². The molecule has 7 aromatic heterocycles. The highest BCUT2D eigenvalue weighted by molar-refractivity contribution is 7.24. The lowest BCUT2D eigenvalue weighted by atomic mass is 9.99. The molecule has 0 radical (unpaired) electrons. The molecule has 0 N–H and O–H groups in total. The molecule has 0 saturated carbocycles. The first-order chi connectivity index (χ1) is 68.9. The number of oxazole rings is 1. The van der Waals surface area contributed by atoms with Gasteiger partial charge in [-0.15, -0.1) is 0 Å². The van der Waals surface area contributed by atoms with E-state index in [-0.39, 0.29) is 0 Å². The maximum atomic E-state index is 6.00. The fourth-order valence-electron chi connectivity index (χ4n) is 21.5. The molecule has 0 atom stereocenters. The molecule has 0 fully saturated rings. The van der Waals surface area contributed by atoms with Crippen LogP contribution in [0.3, 0.4) is 0 Å². The third-order valence-corrected chi connectivity index (χ3v) is 48.8. The molecule has 0 saturated heterocycles. The molecule has 0 aliphatic carbocycles. The van der Waals surface area contributed by atoms with Crippen LogP contribution in [0.5, 0.6) is 0 Å². The number of nitrogens with zero attached hydrogens (tertiary/aromatic N) is 8. The molecule has 26 aromatic rings. The van der Waals surface area contributed by atoms with Gasteiger partial charge in [0, 0.05) is 6.42 Å². The van der Waals surface area contributed by atoms with Gasteiger partial charge in [0.05, 0.1) is 75.8 Å². The minimum atomic E-state index is -2.59. The van der Waals surface area contributed by atoms with Gasteiger partial charge in [-0.25, -0.2) is 15.0 Å². The quantitative estimate of drug-likeness (QED) is 0.0754. The summed E-state index contributed by atoms with van der Waals surface area (Å²) in [6.07, 6.45) is 0.896. The molecule has 8 heterocycles. The second-order valence-corrected chi connectivity index (χ2v) is 54.2. The molecule has 0 bridgehead atoms. The lowest BCUT2D eigenvalue weighted by molar-refractivity contribution is 0.643. The summed E-state index contributed by atoms with van der Waals surface area (Å²) in [5.41, 5.74) is 22.0. The van der Waals surface area contributed by atoms with Gasteiger partial charge in [-0.05, 0) is 199 Å². The van der Waals surface area contributed by atoms with E-state index in [0.717, 1.165) is 66.4 Å². The van der Waals surface area contributed by atoms with Gasteiger partial charge in [0.2, 0.25) is 0 Å². The van der Waals surface area contributed by atoms with Crippen LogP contribution in [0.4, 0.5) is 0 Å². The van der Waals surface area contributed by atoms with Gasteiger partial charge in [0.1, 0.15) is 30.0 Å². The molecule has 19 aromatic carbocycles. The number of hydrogen-bond acceptors (Lipinski definition) is 7. The number of aromatic nitrogens is 8. The van der Waals surface area contributed by atoms with Gasteiger partial charge in [-0.2, -0.15) is 4.98 Å². The maximum Gasteiger partial charge on any atom is 0.307 e. The molecule has 0 unspecified atom stereocenters. The van der Waals surface area contributed by atoms with Gasteiger partial charge in [0.25, 0.3) is 0 Å². The summed E-state index contributed by atoms with van der Waals surface area (Å²) in [6.45, 7) is 13.6. The van der Waals surface area contributed by atoms with Crippen molar-refractivity contribution in [2.24, 2.45) is 0 Å². The van der Waals surface area contributed by atoms with Crippen molar-refractivity contribution in [1.82, 2.24) is 37.7 Å². The van der Waals surface area contributed by atoms with Crippen LogP contribution in [-0.4, -0.2) is 70.0 Å². The van der Waals surface area contributed by atoms with E-state index < -0.39 is 32.3 Å². The number of fused-ring (bicyclic) bond motifs is 20. The molecule has 140 heavy (non-hydrogen) atoms. The first-order valence-corrected chi connectivity index (χ1v) is 59.3. The summed E-state index contributed by atoms with van der Waals surface area (Å²) in [5.74, 6) is 1.78. The molecule has 0 spiro atoms. The Labute approximate surface area is 826 Å². The Morgan fingerprint density at radius 3 is 1.09 bits per heavy atom. The van der Waals surface area contributed by atoms with Crippen LogP contribution >= 0.6 is 22.7 Å². The second-order valence-electron chi connectivity index (χ2n) is 36.4. The van der Waals surface area contributed by atoms with E-state index in [1.165, 1.54) is 138 Å². The molecule has 674 valence electrons. The average Bonchev–Trinajstić information content (AvgIpc) is 1.64. The predicted octanol–water partition coefficient (Wildman–Crippen LogP) is 22.9. The molecule has 15 heteroatoms. The Hall–Kier alpha value is -15.8. The third-order valence-electron chi connectivity index (χ3n) is 28.7. The highest BCUT2D eigenvalue weighted by Gasteiger charge is 2.43. The van der Waals surface area contributed by atoms with E-state index in [9.17, 15) is 0 Å². The molecular weight excluding hydrogens is 1810 g/mol. The van der Waals surface area contributed by atoms with Gasteiger partial charge in [0.15, 0.2) is 23.6 Å². The first-order valence-electron chi connectivity index (χ1n) is 48.2. The van der Waals surface area contributed by atoms with Crippen LogP contribution in [0.2, 0.25) is 19.6 Å². The highest BCUT2D eigenvalue weighted by atomic mass is 32.1. The Morgan fingerprint density at radius 1 is 0.257 bits per heavy atom. The van der Waals surface area contributed by atoms with E-state index in [1.807, 2.05) is 32.0 Å². The Kier molecular flexibility index (Phi) is 23.5. The van der Waals surface area contributed by atoms with Crippen LogP contribution in [0.25, 0.3) is 119 Å². The normalized spacial score (nSPS) is 12.0. The molecule has 9 nitrogen and oxygen atoms in total. The van der Waals surface area contributed by atoms with E-state index >= 15 is 0 Å². The summed E-state index contributed by atoms with van der Waals surface area (Å²) in [6, 6.07) is 177. The lowest BCUT2D eigenvalue weighted by Gasteiger charge is -2.34. The van der Waals surface area contributed by atoms with Crippen molar-refractivity contribution < 1.29 is 4.42 Å². The monoisotopic (exact) mass is 1900 g/mol. The minimum absolute atomic E-state index is 0.645. The summed E-state index contributed by atoms with van der Waals surface area (Å²) < 4.78 is 17.6. The van der Waals surface area contributed by atoms with Gasteiger partial charge in [-0.1, -0.05) is 450 Å². The van der Waals surface area contributed by atoms with Crippen molar-refractivity contribution in [1.29, 1.82) is 0 Å². The standard InChI is InChI=1S/C37H26N2SSi.C34H28N2Si.C26H20N2OSi.C26H20N2SSi.C2H6/c1-4-14-29(15-5-1)41(30-16-6-2-7-17-30,31-18-8-3-9-19-31)32-20-12-13-27(25-32)28-23-24-33-35(26-28)39-34-21-10-11-22-36(34)40-37(39)38-33;1-24-20-31-33(36-32-19-10-9-12-26(32)22-34(36)35-31)23-30(24)25-13-11-18-29(21-25)37(2,27-14-5-3-6-15-27)28-16-7-4-8-17-28;2*1-30(19-10-4-2-5-11-19,20-12-6-3-7-13-20)21-16-17-22-24(18-21)28-23-14-8-9-15-25(23)29-26(28)27-22;1-2/h1-26H;3-21,23H,22H2,1-2H3;2*2-18H,1H3;1-2H3. The number of aryl methyl sites for hydroxylation is 1. The zero-order valence-corrected chi connectivity index (χ0v) is 84.3. The second kappa shape index (κ2) is 37.2. The number of hydrogen-bond donors (Lipinski definition) is 0. The van der Waals surface area contributed by atoms with Crippen molar-refractivity contribution in [2.45, 2.75) is 46.8 Å². The third kappa shape index (κ3) is 15.4. The summed E-state index contributed by atoms with van der Waals surface area (Å²) in [4.78, 5) is 21.7. The summed E-state index contributed by atoms with van der Waals surface area (Å²) >= 11 is 3.50. The summed E-state index contributed by atoms with van der Waals surface area (Å²) in [7, 11) is -9.09. The van der Waals surface area contributed by atoms with Crippen molar-refractivity contribution in [3.63, 3.8) is 0 Å². The van der Waals surface area contributed by atoms with Gasteiger partial charge < -0.3 is 4.42 Å². The zero-order valence-electron chi connectivity index (χ0n) is 78.7. The first kappa shape index (κ1) is 88.2. The fourth-order valence-corrected chi connectivity index (χ4v) is 39.1. The Bertz CT molecular complexity index is 8550. The molecule has 1 aliphatic heterocycles. The minimum Gasteiger partial charge on any atom is -0.423 e. The number of benzene rings is 19. The topological polar surface area (TPSA) is 82.9 Å². The SMILES string of the molecule is CC.C[Si](c1ccccc1)(c1ccccc1)c1ccc2nc3oc4ccccc4n3c2c1.C[Si](c1ccccc1)(c1ccccc1)c1ccc2nc3sc4ccccc4n3c2c1.Cc1cc2nc3n(c2cc1-c1cccc([Si](C)(c2ccccc2)c2ccccc2)c1)-c1ccccc1C3.c1ccc([Si](c2ccccc2)(c2ccccc2)c2cccc(-c3ccc4nc5sc6ccccc6n5c4c3)c2)cc1. The summed E-state index contributed by atoms with van der Waals surface area (Å²) in [5, 5.41) is 18.2. The van der Waals surface area contributed by atoms with E-state index in [2.05, 4.69) is 511 Å². The van der Waals surface area contributed by atoms with Crippen molar-refractivity contribution in [2.75, 3.05) is 0 Å². The predicted molar refractivity (Wildman–Crippen MR) is 603 cm³/mol. The molecule has 27 rings (SSSR count). The van der Waals surface area contributed by atoms with E-state index in [0.29, 0.717) is 5.84 Å². The lowest BCUT2D eigenvalue weighted by Crippen LogP contribution is -2.74. The number of thiazole rings is 2. The van der Waals surface area contributed by atoms with Crippen LogP contribution in [0.15, 0.2) is 490 Å². The largest absolute Gasteiger partial charge is 0.423 e. The Balaban J connectivity index is 0.000000104. The molecule has 0 amide bonds. The fraction of sp³-hybridized carbons (Fsp3) is 0.0560. The van der Waals surface area contributed by atoms with Crippen LogP contribution in [0.1, 0.15) is 30.8 Å². The van der Waals surface area contributed by atoms with Gasteiger partial charge in [-0.3, -0.25) is 17.8 Å². The smallest absolute Gasteiger partial charge is 0.307 e. The number of para-hydroxylation sites is 5. The van der Waals surface area contributed by atoms with Crippen molar-refractivity contribution >= 4 is 214 Å². The molecular formula is C125H100N8OS2Si4. The Morgan fingerprint density at radius 2 is 0.614 bits per heavy atom. The zero-order chi connectivity index (χ0) is 94.5. The molecule has 1 aliphatic rings. The number of imidazole rings is 4. The van der Waals surface area contributed by atoms with Crippen LogP contribution in [0, 0.1) is 6.92 Å². The number of rotatable bonds is 15. The van der Waals surface area contributed by atoms with E-state index in [4.69, 9.17) is 24.4 Å². The van der Waals surface area contributed by atoms with Gasteiger partial charge >= 0.3 is 5.84 Å². The van der Waals surface area contributed by atoms with Crippen molar-refractivity contribution in [3.05, 3.63) is 502 Å².